The summed E-state index contributed by atoms with van der Waals surface area (Å²) in [5.74, 6) is -0.514. The summed E-state index contributed by atoms with van der Waals surface area (Å²) in [7, 11) is 0. The van der Waals surface area contributed by atoms with Crippen LogP contribution in [0.4, 0.5) is 0 Å². The van der Waals surface area contributed by atoms with Crippen LogP contribution >= 0.6 is 11.8 Å². The number of aliphatic carboxylic acids is 1. The molecule has 0 bridgehead atoms. The minimum absolute atomic E-state index is 0.0839. The molecule has 1 fully saturated rings. The molecule has 0 radical (unpaired) electrons. The number of thioether (sulfide) groups is 1. The first kappa shape index (κ1) is 13.3. The van der Waals surface area contributed by atoms with E-state index < -0.39 is 11.5 Å². The first-order valence-corrected chi connectivity index (χ1v) is 7.44. The van der Waals surface area contributed by atoms with Gasteiger partial charge in [-0.2, -0.15) is 0 Å². The SMILES string of the molecule is NC(CSc1ncnc2ccccc12)(C(=O)O)C1CC1. The van der Waals surface area contributed by atoms with Gasteiger partial charge in [0, 0.05) is 11.1 Å². The van der Waals surface area contributed by atoms with Gasteiger partial charge in [0.25, 0.3) is 0 Å². The maximum atomic E-state index is 11.4. The summed E-state index contributed by atoms with van der Waals surface area (Å²) in [4.78, 5) is 19.9. The number of nitrogens with two attached hydrogens (primary N) is 1. The van der Waals surface area contributed by atoms with E-state index in [2.05, 4.69) is 9.97 Å². The van der Waals surface area contributed by atoms with Gasteiger partial charge in [-0.25, -0.2) is 9.97 Å². The molecule has 1 aromatic heterocycles. The van der Waals surface area contributed by atoms with Crippen molar-refractivity contribution in [3.05, 3.63) is 30.6 Å². The van der Waals surface area contributed by atoms with Crippen molar-refractivity contribution in [3.8, 4) is 0 Å². The lowest BCUT2D eigenvalue weighted by molar-refractivity contribution is -0.143. The van der Waals surface area contributed by atoms with E-state index in [0.29, 0.717) is 5.75 Å². The van der Waals surface area contributed by atoms with Gasteiger partial charge in [0.15, 0.2) is 0 Å². The van der Waals surface area contributed by atoms with Gasteiger partial charge in [0.1, 0.15) is 16.9 Å². The van der Waals surface area contributed by atoms with Gasteiger partial charge in [-0.3, -0.25) is 4.79 Å². The number of aromatic nitrogens is 2. The molecule has 6 heteroatoms. The van der Waals surface area contributed by atoms with Gasteiger partial charge >= 0.3 is 5.97 Å². The highest BCUT2D eigenvalue weighted by molar-refractivity contribution is 7.99. The molecule has 3 N–H and O–H groups in total. The third-order valence-corrected chi connectivity index (χ3v) is 4.88. The summed E-state index contributed by atoms with van der Waals surface area (Å²) in [6.07, 6.45) is 3.29. The van der Waals surface area contributed by atoms with Gasteiger partial charge in [-0.05, 0) is 24.8 Å². The van der Waals surface area contributed by atoms with Crippen LogP contribution in [-0.2, 0) is 4.79 Å². The van der Waals surface area contributed by atoms with E-state index in [0.717, 1.165) is 28.8 Å². The number of nitrogens with zero attached hydrogens (tertiary/aromatic N) is 2. The maximum Gasteiger partial charge on any atom is 0.324 e. The summed E-state index contributed by atoms with van der Waals surface area (Å²) in [6, 6.07) is 7.69. The highest BCUT2D eigenvalue weighted by atomic mass is 32.2. The molecule has 1 heterocycles. The fourth-order valence-electron chi connectivity index (χ4n) is 2.24. The molecule has 2 aromatic rings. The second-order valence-corrected chi connectivity index (χ2v) is 6.07. The number of hydrogen-bond acceptors (Lipinski definition) is 5. The Morgan fingerprint density at radius 1 is 1.40 bits per heavy atom. The van der Waals surface area contributed by atoms with Crippen LogP contribution in [0.3, 0.4) is 0 Å². The van der Waals surface area contributed by atoms with Crippen LogP contribution in [0.1, 0.15) is 12.8 Å². The first-order chi connectivity index (χ1) is 9.61. The first-order valence-electron chi connectivity index (χ1n) is 6.46. The molecule has 1 aromatic carbocycles. The van der Waals surface area contributed by atoms with Gasteiger partial charge in [-0.1, -0.05) is 18.2 Å². The molecule has 1 aliphatic carbocycles. The summed E-state index contributed by atoms with van der Waals surface area (Å²) in [5, 5.41) is 11.1. The predicted octanol–water partition coefficient (Wildman–Crippen LogP) is 1.91. The smallest absolute Gasteiger partial charge is 0.324 e. The average Bonchev–Trinajstić information content (AvgIpc) is 3.29. The number of carboxylic acid groups (broad SMARTS) is 1. The van der Waals surface area contributed by atoms with Crippen LogP contribution in [0.25, 0.3) is 10.9 Å². The minimum atomic E-state index is -1.16. The second-order valence-electron chi connectivity index (χ2n) is 5.10. The highest BCUT2D eigenvalue weighted by Gasteiger charge is 2.48. The standard InChI is InChI=1S/C14H15N3O2S/c15-14(13(18)19,9-5-6-9)7-20-12-10-3-1-2-4-11(10)16-8-17-12/h1-4,8-9H,5-7,15H2,(H,18,19). The van der Waals surface area contributed by atoms with Crippen LogP contribution < -0.4 is 5.73 Å². The Balaban J connectivity index is 1.85. The van der Waals surface area contributed by atoms with Crippen molar-refractivity contribution in [3.63, 3.8) is 0 Å². The molecule has 20 heavy (non-hydrogen) atoms. The fourth-order valence-corrected chi connectivity index (χ4v) is 3.42. The number of para-hydroxylation sites is 1. The Bertz CT molecular complexity index is 654. The van der Waals surface area contributed by atoms with Crippen molar-refractivity contribution in [2.75, 3.05) is 5.75 Å². The molecular weight excluding hydrogens is 274 g/mol. The molecule has 1 saturated carbocycles. The van der Waals surface area contributed by atoms with Crippen LogP contribution in [0.5, 0.6) is 0 Å². The molecule has 0 spiro atoms. The summed E-state index contributed by atoms with van der Waals surface area (Å²) in [6.45, 7) is 0. The lowest BCUT2D eigenvalue weighted by atomic mass is 9.98. The summed E-state index contributed by atoms with van der Waals surface area (Å²) >= 11 is 1.40. The normalized spacial score (nSPS) is 17.9. The van der Waals surface area contributed by atoms with Crippen LogP contribution in [0.15, 0.2) is 35.6 Å². The topological polar surface area (TPSA) is 89.1 Å². The van der Waals surface area contributed by atoms with Gasteiger partial charge in [-0.15, -0.1) is 11.8 Å². The Morgan fingerprint density at radius 2 is 2.15 bits per heavy atom. The third-order valence-electron chi connectivity index (χ3n) is 3.66. The molecule has 104 valence electrons. The molecule has 0 saturated heterocycles. The molecule has 1 atom stereocenters. The number of benzene rings is 1. The molecule has 0 amide bonds. The summed E-state index contributed by atoms with van der Waals surface area (Å²) in [5.41, 5.74) is 5.77. The highest BCUT2D eigenvalue weighted by Crippen LogP contribution is 2.41. The van der Waals surface area contributed by atoms with Crippen molar-refractivity contribution in [2.24, 2.45) is 11.7 Å². The largest absolute Gasteiger partial charge is 0.480 e. The second kappa shape index (κ2) is 5.03. The summed E-state index contributed by atoms with van der Waals surface area (Å²) < 4.78 is 0. The van der Waals surface area contributed by atoms with Crippen LogP contribution in [0, 0.1) is 5.92 Å². The van der Waals surface area contributed by atoms with Crippen LogP contribution in [-0.4, -0.2) is 32.3 Å². The van der Waals surface area contributed by atoms with Crippen molar-refractivity contribution < 1.29 is 9.90 Å². The van der Waals surface area contributed by atoms with Crippen molar-refractivity contribution >= 4 is 28.6 Å². The zero-order chi connectivity index (χ0) is 14.2. The molecule has 1 aliphatic rings. The Kier molecular flexibility index (Phi) is 3.35. The van der Waals surface area contributed by atoms with Gasteiger partial charge in [0.05, 0.1) is 5.52 Å². The van der Waals surface area contributed by atoms with E-state index in [1.54, 1.807) is 0 Å². The third kappa shape index (κ3) is 2.36. The fraction of sp³-hybridized carbons (Fsp3) is 0.357. The molecule has 0 aliphatic heterocycles. The maximum absolute atomic E-state index is 11.4. The number of hydrogen-bond donors (Lipinski definition) is 2. The lowest BCUT2D eigenvalue weighted by Gasteiger charge is -2.23. The molecule has 3 rings (SSSR count). The van der Waals surface area contributed by atoms with Crippen molar-refractivity contribution in [1.82, 2.24) is 9.97 Å². The monoisotopic (exact) mass is 289 g/mol. The number of carbonyl (C=O) groups is 1. The Labute approximate surface area is 120 Å². The molecular formula is C14H15N3O2S. The Morgan fingerprint density at radius 3 is 2.85 bits per heavy atom. The quantitative estimate of drug-likeness (QED) is 0.645. The van der Waals surface area contributed by atoms with Gasteiger partial charge in [0.2, 0.25) is 0 Å². The van der Waals surface area contributed by atoms with E-state index >= 15 is 0 Å². The van der Waals surface area contributed by atoms with Crippen molar-refractivity contribution in [2.45, 2.75) is 23.4 Å². The van der Waals surface area contributed by atoms with E-state index in [1.165, 1.54) is 18.1 Å². The molecule has 5 nitrogen and oxygen atoms in total. The average molecular weight is 289 g/mol. The van der Waals surface area contributed by atoms with Crippen molar-refractivity contribution in [1.29, 1.82) is 0 Å². The van der Waals surface area contributed by atoms with Crippen LogP contribution in [0.2, 0.25) is 0 Å². The zero-order valence-electron chi connectivity index (χ0n) is 10.8. The number of rotatable bonds is 5. The minimum Gasteiger partial charge on any atom is -0.480 e. The molecule has 1 unspecified atom stereocenters. The van der Waals surface area contributed by atoms with Gasteiger partial charge < -0.3 is 10.8 Å². The number of carboxylic acids is 1. The Hall–Kier alpha value is -1.66. The lowest BCUT2D eigenvalue weighted by Crippen LogP contribution is -2.52. The zero-order valence-corrected chi connectivity index (χ0v) is 11.6. The number of fused-ring (bicyclic) bond motifs is 1. The van der Waals surface area contributed by atoms with E-state index in [-0.39, 0.29) is 5.92 Å². The predicted molar refractivity (Wildman–Crippen MR) is 77.5 cm³/mol. The van der Waals surface area contributed by atoms with E-state index in [4.69, 9.17) is 5.73 Å². The van der Waals surface area contributed by atoms with E-state index in [9.17, 15) is 9.90 Å². The van der Waals surface area contributed by atoms with E-state index in [1.807, 2.05) is 24.3 Å².